The first-order valence-corrected chi connectivity index (χ1v) is 4.27. The Balaban J connectivity index is 3.43. The van der Waals surface area contributed by atoms with Crippen LogP contribution in [-0.2, 0) is 6.18 Å². The molecule has 0 aliphatic carbocycles. The molecule has 0 atom stereocenters. The van der Waals surface area contributed by atoms with E-state index in [1.54, 1.807) is 0 Å². The molecule has 0 spiro atoms. The normalized spacial score (nSPS) is 11.5. The number of benzene rings is 1. The first-order valence-electron chi connectivity index (χ1n) is 3.47. The van der Waals surface area contributed by atoms with Crippen molar-refractivity contribution in [2.75, 3.05) is 0 Å². The van der Waals surface area contributed by atoms with E-state index in [1.807, 2.05) is 0 Å². The third-order valence-electron chi connectivity index (χ3n) is 1.57. The second-order valence-electron chi connectivity index (χ2n) is 2.58. The molecule has 0 fully saturated rings. The summed E-state index contributed by atoms with van der Waals surface area (Å²) in [7, 11) is 0. The van der Waals surface area contributed by atoms with Gasteiger partial charge in [-0.05, 0) is 15.9 Å². The highest BCUT2D eigenvalue weighted by Crippen LogP contribution is 2.40. The van der Waals surface area contributed by atoms with Crippen molar-refractivity contribution in [1.82, 2.24) is 0 Å². The fraction of sp³-hybridized carbons (Fsp3) is 0.143. The molecule has 82 valence electrons. The highest BCUT2D eigenvalue weighted by Gasteiger charge is 2.36. The van der Waals surface area contributed by atoms with Crippen LogP contribution in [0, 0.1) is 10.1 Å². The summed E-state index contributed by atoms with van der Waals surface area (Å²) in [5, 5.41) is 19.3. The number of alkyl halides is 3. The molecule has 0 radical (unpaired) electrons. The van der Waals surface area contributed by atoms with Crippen molar-refractivity contribution in [3.8, 4) is 5.75 Å². The third kappa shape index (κ3) is 2.38. The van der Waals surface area contributed by atoms with Crippen LogP contribution in [0.5, 0.6) is 5.75 Å². The van der Waals surface area contributed by atoms with Crippen molar-refractivity contribution in [2.45, 2.75) is 6.18 Å². The number of hydrogen-bond acceptors (Lipinski definition) is 3. The van der Waals surface area contributed by atoms with E-state index in [9.17, 15) is 23.3 Å². The van der Waals surface area contributed by atoms with Crippen LogP contribution in [-0.4, -0.2) is 10.0 Å². The van der Waals surface area contributed by atoms with Crippen LogP contribution in [0.1, 0.15) is 5.56 Å². The molecule has 0 unspecified atom stereocenters. The Kier molecular flexibility index (Phi) is 2.89. The maximum Gasteiger partial charge on any atom is 0.420 e. The summed E-state index contributed by atoms with van der Waals surface area (Å²) in [6.07, 6.45) is -4.82. The van der Waals surface area contributed by atoms with Gasteiger partial charge < -0.3 is 5.11 Å². The first kappa shape index (κ1) is 11.8. The van der Waals surface area contributed by atoms with Gasteiger partial charge in [0.15, 0.2) is 0 Å². The molecule has 0 aliphatic heterocycles. The zero-order valence-corrected chi connectivity index (χ0v) is 8.46. The second-order valence-corrected chi connectivity index (χ2v) is 3.43. The molecule has 1 N–H and O–H groups in total. The van der Waals surface area contributed by atoms with E-state index >= 15 is 0 Å². The fourth-order valence-corrected chi connectivity index (χ4v) is 1.39. The minimum absolute atomic E-state index is 0.210. The molecule has 1 rings (SSSR count). The summed E-state index contributed by atoms with van der Waals surface area (Å²) in [4.78, 5) is 9.37. The average Bonchev–Trinajstić information content (AvgIpc) is 2.00. The number of phenols is 1. The monoisotopic (exact) mass is 285 g/mol. The Morgan fingerprint density at radius 2 is 1.93 bits per heavy atom. The molecule has 0 amide bonds. The highest BCUT2D eigenvalue weighted by atomic mass is 79.9. The van der Waals surface area contributed by atoms with Crippen LogP contribution in [0.3, 0.4) is 0 Å². The number of halogens is 4. The van der Waals surface area contributed by atoms with Crippen molar-refractivity contribution in [2.24, 2.45) is 0 Å². The summed E-state index contributed by atoms with van der Waals surface area (Å²) < 4.78 is 36.5. The van der Waals surface area contributed by atoms with Gasteiger partial charge >= 0.3 is 6.18 Å². The Hall–Kier alpha value is -1.31. The van der Waals surface area contributed by atoms with Gasteiger partial charge in [-0.15, -0.1) is 0 Å². The third-order valence-corrected chi connectivity index (χ3v) is 2.20. The molecule has 15 heavy (non-hydrogen) atoms. The molecular formula is C7H3BrF3NO3. The van der Waals surface area contributed by atoms with Gasteiger partial charge in [-0.1, -0.05) is 0 Å². The van der Waals surface area contributed by atoms with E-state index in [0.29, 0.717) is 6.07 Å². The fourth-order valence-electron chi connectivity index (χ4n) is 0.918. The molecule has 0 bridgehead atoms. The van der Waals surface area contributed by atoms with Gasteiger partial charge in [0.25, 0.3) is 5.69 Å². The van der Waals surface area contributed by atoms with E-state index in [-0.39, 0.29) is 10.5 Å². The van der Waals surface area contributed by atoms with E-state index in [4.69, 9.17) is 5.11 Å². The maximum atomic E-state index is 12.2. The zero-order valence-electron chi connectivity index (χ0n) is 6.88. The van der Waals surface area contributed by atoms with Gasteiger partial charge in [0, 0.05) is 12.1 Å². The number of nitro benzene ring substituents is 1. The SMILES string of the molecule is O=[N+]([O-])c1cc(C(F)(F)F)c(O)cc1Br. The van der Waals surface area contributed by atoms with Crippen LogP contribution in [0.2, 0.25) is 0 Å². The van der Waals surface area contributed by atoms with E-state index < -0.39 is 28.1 Å². The van der Waals surface area contributed by atoms with Gasteiger partial charge in [0.1, 0.15) is 11.3 Å². The largest absolute Gasteiger partial charge is 0.507 e. The minimum Gasteiger partial charge on any atom is -0.507 e. The van der Waals surface area contributed by atoms with Crippen molar-refractivity contribution in [3.63, 3.8) is 0 Å². The van der Waals surface area contributed by atoms with Crippen LogP contribution in [0.15, 0.2) is 16.6 Å². The van der Waals surface area contributed by atoms with Gasteiger partial charge in [0.05, 0.1) is 9.40 Å². The lowest BCUT2D eigenvalue weighted by atomic mass is 10.1. The summed E-state index contributed by atoms with van der Waals surface area (Å²) in [6.45, 7) is 0. The first-order chi connectivity index (χ1) is 6.73. The molecule has 1 aromatic carbocycles. The van der Waals surface area contributed by atoms with Crippen molar-refractivity contribution >= 4 is 21.6 Å². The molecule has 0 heterocycles. The smallest absolute Gasteiger partial charge is 0.420 e. The lowest BCUT2D eigenvalue weighted by Gasteiger charge is -2.08. The van der Waals surface area contributed by atoms with Crippen molar-refractivity contribution < 1.29 is 23.2 Å². The number of aromatic hydroxyl groups is 1. The van der Waals surface area contributed by atoms with Crippen LogP contribution >= 0.6 is 15.9 Å². The van der Waals surface area contributed by atoms with Gasteiger partial charge in [-0.25, -0.2) is 0 Å². The summed E-state index contributed by atoms with van der Waals surface area (Å²) in [5.41, 5.74) is -2.18. The van der Waals surface area contributed by atoms with Gasteiger partial charge in [0.2, 0.25) is 0 Å². The Morgan fingerprint density at radius 1 is 1.40 bits per heavy atom. The number of rotatable bonds is 1. The summed E-state index contributed by atoms with van der Waals surface area (Å²) >= 11 is 2.68. The number of phenolic OH excluding ortho intramolecular Hbond substituents is 1. The van der Waals surface area contributed by atoms with Crippen molar-refractivity contribution in [1.29, 1.82) is 0 Å². The zero-order chi connectivity index (χ0) is 11.8. The standard InChI is InChI=1S/C7H3BrF3NO3/c8-4-2-6(13)3(7(9,10)11)1-5(4)12(14)15/h1-2,13H. The average molecular weight is 286 g/mol. The number of hydrogen-bond donors (Lipinski definition) is 1. The predicted molar refractivity (Wildman–Crippen MR) is 47.5 cm³/mol. The molecule has 8 heteroatoms. The Labute approximate surface area is 89.6 Å². The quantitative estimate of drug-likeness (QED) is 0.637. The Morgan fingerprint density at radius 3 is 2.33 bits per heavy atom. The molecular weight excluding hydrogens is 283 g/mol. The summed E-state index contributed by atoms with van der Waals surface area (Å²) in [6, 6.07) is 0.917. The van der Waals surface area contributed by atoms with Crippen LogP contribution in [0.4, 0.5) is 18.9 Å². The van der Waals surface area contributed by atoms with E-state index in [2.05, 4.69) is 15.9 Å². The summed E-state index contributed by atoms with van der Waals surface area (Å²) in [5.74, 6) is -1.06. The predicted octanol–water partition coefficient (Wildman–Crippen LogP) is 3.08. The lowest BCUT2D eigenvalue weighted by Crippen LogP contribution is -2.06. The van der Waals surface area contributed by atoms with Crippen LogP contribution < -0.4 is 0 Å². The molecule has 0 aliphatic rings. The molecule has 0 saturated heterocycles. The Bertz CT molecular complexity index is 419. The van der Waals surface area contributed by atoms with Crippen molar-refractivity contribution in [3.05, 3.63) is 32.3 Å². The highest BCUT2D eigenvalue weighted by molar-refractivity contribution is 9.10. The lowest BCUT2D eigenvalue weighted by molar-refractivity contribution is -0.385. The van der Waals surface area contributed by atoms with E-state index in [1.165, 1.54) is 0 Å². The maximum absolute atomic E-state index is 12.2. The molecule has 1 aromatic rings. The molecule has 0 aromatic heterocycles. The number of nitrogens with zero attached hydrogens (tertiary/aromatic N) is 1. The molecule has 0 saturated carbocycles. The topological polar surface area (TPSA) is 63.4 Å². The minimum atomic E-state index is -4.82. The number of nitro groups is 1. The van der Waals surface area contributed by atoms with Crippen LogP contribution in [0.25, 0.3) is 0 Å². The second kappa shape index (κ2) is 3.69. The van der Waals surface area contributed by atoms with Gasteiger partial charge in [-0.3, -0.25) is 10.1 Å². The van der Waals surface area contributed by atoms with E-state index in [0.717, 1.165) is 0 Å². The molecule has 4 nitrogen and oxygen atoms in total. The van der Waals surface area contributed by atoms with Gasteiger partial charge in [-0.2, -0.15) is 13.2 Å².